The third-order valence-corrected chi connectivity index (χ3v) is 2.83. The molecule has 1 atom stereocenters. The van der Waals surface area contributed by atoms with Crippen molar-refractivity contribution in [3.8, 4) is 5.75 Å². The largest absolute Gasteiger partial charge is 0.490 e. The highest BCUT2D eigenvalue weighted by atomic mass is 79.9. The van der Waals surface area contributed by atoms with E-state index < -0.39 is 0 Å². The molecule has 0 fully saturated rings. The Morgan fingerprint density at radius 1 is 1.54 bits per heavy atom. The van der Waals surface area contributed by atoms with Crippen molar-refractivity contribution in [1.82, 2.24) is 0 Å². The summed E-state index contributed by atoms with van der Waals surface area (Å²) in [6, 6.07) is 2.90. The van der Waals surface area contributed by atoms with Gasteiger partial charge in [0.1, 0.15) is 0 Å². The van der Waals surface area contributed by atoms with E-state index >= 15 is 0 Å². The minimum atomic E-state index is -0.339. The summed E-state index contributed by atoms with van der Waals surface area (Å²) >= 11 is 3.33. The van der Waals surface area contributed by atoms with E-state index in [1.165, 1.54) is 6.07 Å². The zero-order chi connectivity index (χ0) is 9.42. The van der Waals surface area contributed by atoms with Gasteiger partial charge in [-0.25, -0.2) is 4.39 Å². The van der Waals surface area contributed by atoms with Gasteiger partial charge in [0, 0.05) is 22.5 Å². The average Bonchev–Trinajstić information content (AvgIpc) is 2.12. The molecule has 1 aliphatic rings. The fourth-order valence-electron chi connectivity index (χ4n) is 1.47. The van der Waals surface area contributed by atoms with Crippen molar-refractivity contribution in [3.63, 3.8) is 0 Å². The first kappa shape index (κ1) is 8.97. The predicted octanol–water partition coefficient (Wildman–Crippen LogP) is 2.37. The molecule has 1 heterocycles. The average molecular weight is 246 g/mol. The number of hydrogen-bond donors (Lipinski definition) is 1. The third-order valence-electron chi connectivity index (χ3n) is 2.14. The van der Waals surface area contributed by atoms with Crippen LogP contribution in [-0.4, -0.2) is 6.61 Å². The molecule has 0 aliphatic carbocycles. The van der Waals surface area contributed by atoms with E-state index in [0.29, 0.717) is 12.4 Å². The van der Waals surface area contributed by atoms with E-state index in [1.54, 1.807) is 6.07 Å². The summed E-state index contributed by atoms with van der Waals surface area (Å²) in [6.45, 7) is 0.488. The zero-order valence-electron chi connectivity index (χ0n) is 6.89. The molecule has 1 aromatic rings. The van der Waals surface area contributed by atoms with Gasteiger partial charge in [-0.3, -0.25) is 0 Å². The molecule has 0 amide bonds. The lowest BCUT2D eigenvalue weighted by atomic mass is 10.0. The lowest BCUT2D eigenvalue weighted by molar-refractivity contribution is 0.255. The molecule has 2 rings (SSSR count). The molecule has 4 heteroatoms. The second-order valence-corrected chi connectivity index (χ2v) is 3.87. The fraction of sp³-hybridized carbons (Fsp3) is 0.333. The summed E-state index contributed by atoms with van der Waals surface area (Å²) < 4.78 is 19.3. The Bertz CT molecular complexity index is 343. The van der Waals surface area contributed by atoms with Crippen LogP contribution in [0.3, 0.4) is 0 Å². The van der Waals surface area contributed by atoms with Crippen LogP contribution >= 0.6 is 15.9 Å². The monoisotopic (exact) mass is 245 g/mol. The van der Waals surface area contributed by atoms with Crippen molar-refractivity contribution >= 4 is 15.9 Å². The van der Waals surface area contributed by atoms with E-state index in [2.05, 4.69) is 15.9 Å². The lowest BCUT2D eigenvalue weighted by Crippen LogP contribution is -2.21. The molecule has 0 bridgehead atoms. The summed E-state index contributed by atoms with van der Waals surface area (Å²) in [4.78, 5) is 0. The van der Waals surface area contributed by atoms with Gasteiger partial charge >= 0.3 is 0 Å². The number of rotatable bonds is 0. The van der Waals surface area contributed by atoms with Crippen LogP contribution in [0.5, 0.6) is 5.75 Å². The van der Waals surface area contributed by atoms with Crippen molar-refractivity contribution in [3.05, 3.63) is 28.0 Å². The van der Waals surface area contributed by atoms with Crippen LogP contribution in [0.15, 0.2) is 16.6 Å². The smallest absolute Gasteiger partial charge is 0.165 e. The molecule has 1 aromatic carbocycles. The number of halogens is 2. The maximum Gasteiger partial charge on any atom is 0.165 e. The van der Waals surface area contributed by atoms with Crippen molar-refractivity contribution in [2.24, 2.45) is 5.73 Å². The molecular weight excluding hydrogens is 237 g/mol. The highest BCUT2D eigenvalue weighted by molar-refractivity contribution is 9.10. The van der Waals surface area contributed by atoms with Crippen LogP contribution in [0.2, 0.25) is 0 Å². The molecule has 0 aromatic heterocycles. The predicted molar refractivity (Wildman–Crippen MR) is 51.1 cm³/mol. The van der Waals surface area contributed by atoms with Gasteiger partial charge in [0.25, 0.3) is 0 Å². The van der Waals surface area contributed by atoms with Gasteiger partial charge in [0.2, 0.25) is 0 Å². The topological polar surface area (TPSA) is 35.2 Å². The van der Waals surface area contributed by atoms with Crippen LogP contribution in [0.4, 0.5) is 4.39 Å². The number of ether oxygens (including phenoxy) is 1. The second-order valence-electron chi connectivity index (χ2n) is 3.02. The molecule has 0 saturated heterocycles. The molecule has 2 N–H and O–H groups in total. The Kier molecular flexibility index (Phi) is 2.26. The highest BCUT2D eigenvalue weighted by Gasteiger charge is 2.23. The van der Waals surface area contributed by atoms with Gasteiger partial charge in [-0.05, 0) is 12.1 Å². The van der Waals surface area contributed by atoms with Crippen molar-refractivity contribution in [2.75, 3.05) is 6.61 Å². The van der Waals surface area contributed by atoms with Gasteiger partial charge in [0.15, 0.2) is 11.6 Å². The van der Waals surface area contributed by atoms with Crippen molar-refractivity contribution < 1.29 is 9.13 Å². The zero-order valence-corrected chi connectivity index (χ0v) is 8.47. The van der Waals surface area contributed by atoms with Crippen molar-refractivity contribution in [2.45, 2.75) is 12.5 Å². The number of nitrogens with two attached hydrogens (primary N) is 1. The van der Waals surface area contributed by atoms with Crippen LogP contribution in [0.25, 0.3) is 0 Å². The van der Waals surface area contributed by atoms with E-state index in [9.17, 15) is 4.39 Å². The maximum absolute atomic E-state index is 13.2. The number of fused-ring (bicyclic) bond motifs is 1. The molecule has 13 heavy (non-hydrogen) atoms. The molecule has 0 spiro atoms. The van der Waals surface area contributed by atoms with Gasteiger partial charge in [-0.15, -0.1) is 0 Å². The minimum absolute atomic E-state index is 0.131. The van der Waals surface area contributed by atoms with E-state index in [4.69, 9.17) is 10.5 Å². The van der Waals surface area contributed by atoms with Crippen LogP contribution in [0, 0.1) is 5.82 Å². The standard InChI is InChI=1S/C9H9BrFNO/c10-5-1-2-6(11)9-8(5)7(12)3-4-13-9/h1-2,7H,3-4,12H2/t7-/m0/s1. The van der Waals surface area contributed by atoms with Gasteiger partial charge in [0.05, 0.1) is 6.61 Å². The molecule has 0 unspecified atom stereocenters. The highest BCUT2D eigenvalue weighted by Crippen LogP contribution is 2.37. The first-order chi connectivity index (χ1) is 6.20. The Morgan fingerprint density at radius 3 is 3.00 bits per heavy atom. The lowest BCUT2D eigenvalue weighted by Gasteiger charge is -2.24. The van der Waals surface area contributed by atoms with E-state index in [0.717, 1.165) is 16.5 Å². The van der Waals surface area contributed by atoms with E-state index in [-0.39, 0.29) is 11.9 Å². The summed E-state index contributed by atoms with van der Waals surface area (Å²) in [6.07, 6.45) is 0.731. The van der Waals surface area contributed by atoms with Gasteiger partial charge in [-0.2, -0.15) is 0 Å². The van der Waals surface area contributed by atoms with Crippen LogP contribution < -0.4 is 10.5 Å². The van der Waals surface area contributed by atoms with Crippen LogP contribution in [0.1, 0.15) is 18.0 Å². The maximum atomic E-state index is 13.2. The number of hydrogen-bond acceptors (Lipinski definition) is 2. The molecule has 0 radical (unpaired) electrons. The van der Waals surface area contributed by atoms with Gasteiger partial charge in [-0.1, -0.05) is 15.9 Å². The van der Waals surface area contributed by atoms with E-state index in [1.807, 2.05) is 0 Å². The molecule has 0 saturated carbocycles. The molecule has 1 aliphatic heterocycles. The summed E-state index contributed by atoms with van der Waals surface area (Å²) in [7, 11) is 0. The number of benzene rings is 1. The first-order valence-corrected chi connectivity index (χ1v) is 4.85. The SMILES string of the molecule is N[C@H]1CCOc2c(F)ccc(Br)c21. The Morgan fingerprint density at radius 2 is 2.31 bits per heavy atom. The third kappa shape index (κ3) is 1.44. The quantitative estimate of drug-likeness (QED) is 0.762. The summed E-state index contributed by atoms with van der Waals surface area (Å²) in [5.74, 6) is -0.0403. The first-order valence-electron chi connectivity index (χ1n) is 4.06. The normalized spacial score (nSPS) is 20.7. The summed E-state index contributed by atoms with van der Waals surface area (Å²) in [5, 5.41) is 0. The molecule has 70 valence electrons. The summed E-state index contributed by atoms with van der Waals surface area (Å²) in [5.41, 5.74) is 6.58. The van der Waals surface area contributed by atoms with Gasteiger partial charge < -0.3 is 10.5 Å². The second kappa shape index (κ2) is 3.27. The van der Waals surface area contributed by atoms with Crippen LogP contribution in [-0.2, 0) is 0 Å². The fourth-order valence-corrected chi connectivity index (χ4v) is 2.08. The molecule has 2 nitrogen and oxygen atoms in total. The molecular formula is C9H9BrFNO. The minimum Gasteiger partial charge on any atom is -0.490 e. The van der Waals surface area contributed by atoms with Crippen molar-refractivity contribution in [1.29, 1.82) is 0 Å². The Balaban J connectivity index is 2.60. The Labute approximate surface area is 84.0 Å². The Hall–Kier alpha value is -0.610.